The number of imidazole rings is 3. The molecule has 0 unspecified atom stereocenters. The Labute approximate surface area is 602 Å². The Morgan fingerprint density at radius 3 is 1.36 bits per heavy atom. The highest BCUT2D eigenvalue weighted by molar-refractivity contribution is 9.10. The van der Waals surface area contributed by atoms with Crippen molar-refractivity contribution in [1.29, 1.82) is 0 Å². The van der Waals surface area contributed by atoms with E-state index in [-0.39, 0.29) is 29.7 Å². The molecule has 0 saturated heterocycles. The number of aromatic nitrogens is 6. The number of nitrogens with zero attached hydrogens (tertiary/aromatic N) is 11. The molecule has 9 N–H and O–H groups in total. The second kappa shape index (κ2) is 34.4. The average Bonchev–Trinajstić information content (AvgIpc) is 1.64. The van der Waals surface area contributed by atoms with Gasteiger partial charge in [-0.05, 0) is 248 Å². The molecule has 0 aliphatic rings. The van der Waals surface area contributed by atoms with Crippen LogP contribution in [0.3, 0.4) is 0 Å². The number of fused-ring (bicyclic) bond motifs is 3. The number of esters is 1. The van der Waals surface area contributed by atoms with Gasteiger partial charge in [0.2, 0.25) is 5.95 Å². The summed E-state index contributed by atoms with van der Waals surface area (Å²) in [6.07, 6.45) is 1.09. The fourth-order valence-electron chi connectivity index (χ4n) is 11.3. The Morgan fingerprint density at radius 1 is 0.520 bits per heavy atom. The summed E-state index contributed by atoms with van der Waals surface area (Å²) >= 11 is 3.25. The number of carboxylic acids is 1. The third kappa shape index (κ3) is 18.7. The van der Waals surface area contributed by atoms with Crippen molar-refractivity contribution in [2.45, 2.75) is 127 Å². The number of anilines is 5. The highest BCUT2D eigenvalue weighted by Crippen LogP contribution is 2.36. The van der Waals surface area contributed by atoms with Gasteiger partial charge in [0, 0.05) is 64.1 Å². The first-order valence-electron chi connectivity index (χ1n) is 32.4. The molecule has 22 nitrogen and oxygen atoms in total. The van der Waals surface area contributed by atoms with Crippen LogP contribution in [0.1, 0.15) is 155 Å². The van der Waals surface area contributed by atoms with Crippen LogP contribution in [-0.4, -0.2) is 70.0 Å². The van der Waals surface area contributed by atoms with Gasteiger partial charge in [0.05, 0.1) is 89.9 Å². The van der Waals surface area contributed by atoms with E-state index < -0.39 is 11.9 Å². The Bertz CT molecular complexity index is 5030. The van der Waals surface area contributed by atoms with Crippen molar-refractivity contribution < 1.29 is 29.4 Å². The number of carboxylic acid groups (broad SMARTS) is 1. The minimum Gasteiger partial charge on any atom is -0.478 e. The molecule has 8 aromatic carbocycles. The van der Waals surface area contributed by atoms with E-state index in [1.165, 1.54) is 7.11 Å². The number of benzene rings is 8. The Kier molecular flexibility index (Phi) is 26.0. The summed E-state index contributed by atoms with van der Waals surface area (Å²) in [7, 11) is 1.36. The normalized spacial score (nSPS) is 10.6. The molecule has 1 amide bonds. The molecule has 0 atom stereocenters. The lowest BCUT2D eigenvalue weighted by molar-refractivity contribution is 0.0599. The molecule has 0 fully saturated rings. The predicted molar refractivity (Wildman–Crippen MR) is 409 cm³/mol. The highest BCUT2D eigenvalue weighted by Gasteiger charge is 2.21. The highest BCUT2D eigenvalue weighted by atomic mass is 79.9. The summed E-state index contributed by atoms with van der Waals surface area (Å²) in [4.78, 5) is 66.3. The van der Waals surface area contributed by atoms with Gasteiger partial charge in [-0.25, -0.2) is 54.2 Å². The maximum atomic E-state index is 11.7. The SMILES string of the molecule is [C-]#[N+]c1cc(Br)c(N)cc1C.[C-]#[N+]c1cc(NC(C)C)c(N)cc1C.[C-]#[N+]c1cc2c(cc1C)nc(Cc1cccc(C(=O)NO)c1)n2C(C)C.[C-]#[N+]c1cc2c(cc1C)nc(Cc1cccc(C(=O)O)c1)n2C(C)C.[C-]#[N+]c1cc2c(cc1C)nc(Nc1cccc(C(=O)OC)c1)n2C(C)C. The lowest BCUT2D eigenvalue weighted by Crippen LogP contribution is -2.18. The number of nitrogen functional groups attached to an aromatic ring is 2. The quantitative estimate of drug-likeness (QED) is 0.0176. The van der Waals surface area contributed by atoms with Gasteiger partial charge in [0.1, 0.15) is 11.6 Å². The fraction of sp³-hybridized carbons (Fsp3) is 0.253. The maximum Gasteiger partial charge on any atom is 0.337 e. The number of aromatic carboxylic acids is 1. The number of halogens is 1. The van der Waals surface area contributed by atoms with E-state index in [0.29, 0.717) is 75.8 Å². The number of methoxy groups -OCH3 is 1. The number of ether oxygens (including phenoxy) is 1. The van der Waals surface area contributed by atoms with E-state index in [2.05, 4.69) is 101 Å². The summed E-state index contributed by atoms with van der Waals surface area (Å²) in [5.74, 6) is 0.548. The van der Waals surface area contributed by atoms with Crippen molar-refractivity contribution in [3.05, 3.63) is 262 Å². The van der Waals surface area contributed by atoms with Crippen molar-refractivity contribution in [2.24, 2.45) is 0 Å². The molecule has 3 aromatic heterocycles. The van der Waals surface area contributed by atoms with Crippen LogP contribution in [0.15, 0.2) is 138 Å². The number of nitrogens with two attached hydrogens (primary N) is 2. The minimum absolute atomic E-state index is 0.146. The van der Waals surface area contributed by atoms with E-state index in [1.54, 1.807) is 78.3 Å². The number of aryl methyl sites for hydroxylation is 5. The van der Waals surface area contributed by atoms with E-state index in [4.69, 9.17) is 69.2 Å². The van der Waals surface area contributed by atoms with Crippen molar-refractivity contribution in [2.75, 3.05) is 29.2 Å². The monoisotopic (exact) mass is 1430 g/mol. The topological polar surface area (TPSA) is 264 Å². The van der Waals surface area contributed by atoms with Gasteiger partial charge in [-0.1, -0.05) is 30.3 Å². The first kappa shape index (κ1) is 77.0. The Balaban J connectivity index is 0.000000185. The van der Waals surface area contributed by atoms with Gasteiger partial charge in [-0.15, -0.1) is 0 Å². The molecular weight excluding hydrogens is 1350 g/mol. The molecule has 0 bridgehead atoms. The number of carbonyl (C=O) groups excluding carboxylic acids is 2. The van der Waals surface area contributed by atoms with E-state index in [9.17, 15) is 19.5 Å². The van der Waals surface area contributed by atoms with E-state index in [0.717, 1.165) is 99.5 Å². The molecule has 11 aromatic rings. The summed E-state index contributed by atoms with van der Waals surface area (Å²) in [6, 6.07) is 40.6. The average molecular weight is 1430 g/mol. The number of amides is 1. The smallest absolute Gasteiger partial charge is 0.337 e. The van der Waals surface area contributed by atoms with Crippen molar-refractivity contribution in [3.8, 4) is 0 Å². The van der Waals surface area contributed by atoms with E-state index in [1.807, 2.05) is 114 Å². The van der Waals surface area contributed by atoms with Crippen molar-refractivity contribution in [3.63, 3.8) is 0 Å². The fourth-order valence-corrected chi connectivity index (χ4v) is 11.6. The van der Waals surface area contributed by atoms with Crippen LogP contribution in [-0.2, 0) is 17.6 Å². The largest absolute Gasteiger partial charge is 0.478 e. The van der Waals surface area contributed by atoms with Crippen molar-refractivity contribution in [1.82, 2.24) is 34.1 Å². The molecule has 0 spiro atoms. The van der Waals surface area contributed by atoms with Gasteiger partial charge in [-0.3, -0.25) is 10.0 Å². The summed E-state index contributed by atoms with van der Waals surface area (Å²) in [5.41, 5.74) is 32.1. The van der Waals surface area contributed by atoms with Gasteiger partial charge in [-0.2, -0.15) is 0 Å². The predicted octanol–water partition coefficient (Wildman–Crippen LogP) is 19.8. The van der Waals surface area contributed by atoms with Crippen LogP contribution in [0.4, 0.5) is 57.1 Å². The number of hydrogen-bond acceptors (Lipinski definition) is 12. The number of hydrogen-bond donors (Lipinski definition) is 7. The molecule has 0 aliphatic heterocycles. The molecule has 0 radical (unpaired) electrons. The third-order valence-electron chi connectivity index (χ3n) is 16.2. The number of nitrogens with one attached hydrogen (secondary N) is 3. The standard InChI is InChI=1S/2C20H20N4O2.C20H19N3O2.C11H15N3.C8H7BrN2/c1-12(2)24-18-11-16(21-4)13(3)9-17(18)23-20(24)22-15-8-6-7-14(10-15)19(25)26-5;1-12(2)24-18-11-16(21-4)13(3)8-17(18)22-19(24)10-14-6-5-7-15(9-14)20(25)23-26;1-12(2)23-18-11-16(21-4)13(3)8-17(18)22-19(23)10-14-6-5-7-15(9-14)20(24)25;1-7(2)14-11-6-10(13-4)8(3)5-9(11)12;1-5-3-7(10)6(9)4-8(5)11-2/h6-12H,1-3,5H3,(H,22,23);5-9,11-12,26H,10H2,1-3H3,(H,23,25);5-9,11-12H,10H2,1-3H3,(H,24,25);5-7,14H,12H2,1-3H3;3-4H,10H2,1H3. The second-order valence-corrected chi connectivity index (χ2v) is 26.1. The zero-order valence-electron chi connectivity index (χ0n) is 59.4. The van der Waals surface area contributed by atoms with Crippen molar-refractivity contribution >= 4 is 124 Å². The van der Waals surface area contributed by atoms with Gasteiger partial charge < -0.3 is 45.6 Å². The molecule has 11 rings (SSSR count). The first-order valence-corrected chi connectivity index (χ1v) is 33.2. The van der Waals surface area contributed by atoms with Crippen LogP contribution in [0.2, 0.25) is 0 Å². The Hall–Kier alpha value is -12.3. The van der Waals surface area contributed by atoms with Crippen LogP contribution in [0, 0.1) is 67.5 Å². The van der Waals surface area contributed by atoms with Crippen LogP contribution < -0.4 is 27.6 Å². The number of carbonyl (C=O) groups is 3. The summed E-state index contributed by atoms with van der Waals surface area (Å²) < 4.78 is 11.9. The van der Waals surface area contributed by atoms with Gasteiger partial charge in [0.15, 0.2) is 28.4 Å². The molecule has 23 heteroatoms. The van der Waals surface area contributed by atoms with Crippen LogP contribution in [0.5, 0.6) is 0 Å². The van der Waals surface area contributed by atoms with E-state index >= 15 is 0 Å². The summed E-state index contributed by atoms with van der Waals surface area (Å²) in [5, 5.41) is 24.5. The van der Waals surface area contributed by atoms with Crippen LogP contribution >= 0.6 is 15.9 Å². The zero-order chi connectivity index (χ0) is 75.0. The first-order chi connectivity index (χ1) is 48.5. The second-order valence-electron chi connectivity index (χ2n) is 25.2. The number of hydroxylamine groups is 1. The summed E-state index contributed by atoms with van der Waals surface area (Å²) in [6.45, 7) is 61.8. The van der Waals surface area contributed by atoms with Crippen LogP contribution in [0.25, 0.3) is 57.3 Å². The molecule has 3 heterocycles. The molecule has 0 aliphatic carbocycles. The molecular formula is C79H81BrN16O6. The van der Waals surface area contributed by atoms with Gasteiger partial charge in [0.25, 0.3) is 5.91 Å². The zero-order valence-corrected chi connectivity index (χ0v) is 61.0. The lowest BCUT2D eigenvalue weighted by atomic mass is 10.1. The molecule has 520 valence electrons. The molecule has 0 saturated carbocycles. The third-order valence-corrected chi connectivity index (χ3v) is 16.9. The lowest BCUT2D eigenvalue weighted by Gasteiger charge is -2.15. The molecule has 102 heavy (non-hydrogen) atoms. The Morgan fingerprint density at radius 2 is 0.922 bits per heavy atom. The number of rotatable bonds is 14. The minimum atomic E-state index is -0.934. The maximum absolute atomic E-state index is 11.7. The van der Waals surface area contributed by atoms with Gasteiger partial charge >= 0.3 is 11.9 Å².